The van der Waals surface area contributed by atoms with Gasteiger partial charge in [-0.3, -0.25) is 4.99 Å². The first-order valence-electron chi connectivity index (χ1n) is 8.29. The lowest BCUT2D eigenvalue weighted by atomic mass is 9.98. The summed E-state index contributed by atoms with van der Waals surface area (Å²) in [4.78, 5) is 4.11. The third-order valence-electron chi connectivity index (χ3n) is 4.29. The first kappa shape index (κ1) is 20.5. The van der Waals surface area contributed by atoms with Crippen LogP contribution in [0, 0.1) is 5.92 Å². The minimum Gasteiger partial charge on any atom is -0.356 e. The first-order valence-corrected chi connectivity index (χ1v) is 9.73. The van der Waals surface area contributed by atoms with Gasteiger partial charge < -0.3 is 10.6 Å². The van der Waals surface area contributed by atoms with Crippen LogP contribution in [0.1, 0.15) is 18.4 Å². The van der Waals surface area contributed by atoms with Crippen molar-refractivity contribution in [3.63, 3.8) is 0 Å². The predicted octanol–water partition coefficient (Wildman–Crippen LogP) is 1.91. The van der Waals surface area contributed by atoms with Crippen molar-refractivity contribution in [3.05, 3.63) is 35.9 Å². The van der Waals surface area contributed by atoms with Crippen molar-refractivity contribution in [3.8, 4) is 0 Å². The summed E-state index contributed by atoms with van der Waals surface area (Å²) in [5.41, 5.74) is -4.14. The molecule has 6 nitrogen and oxygen atoms in total. The highest BCUT2D eigenvalue weighted by atomic mass is 32.2. The molecule has 0 aromatic heterocycles. The van der Waals surface area contributed by atoms with Crippen LogP contribution in [0.15, 0.2) is 35.3 Å². The van der Waals surface area contributed by atoms with Crippen molar-refractivity contribution >= 4 is 16.0 Å². The summed E-state index contributed by atoms with van der Waals surface area (Å²) in [7, 11) is -3.58. The molecular formula is C16H23F3N4O2S. The van der Waals surface area contributed by atoms with E-state index in [1.54, 1.807) is 7.05 Å². The number of hydrogen-bond donors (Lipinski definition) is 2. The lowest BCUT2D eigenvalue weighted by Crippen LogP contribution is -2.47. The van der Waals surface area contributed by atoms with Gasteiger partial charge in [0.15, 0.2) is 5.96 Å². The minimum absolute atomic E-state index is 0.0879. The smallest absolute Gasteiger partial charge is 0.356 e. The molecule has 146 valence electrons. The minimum atomic E-state index is -5.23. The molecule has 1 aliphatic heterocycles. The van der Waals surface area contributed by atoms with Crippen LogP contribution in [-0.2, 0) is 16.6 Å². The number of alkyl halides is 3. The molecule has 1 saturated heterocycles. The van der Waals surface area contributed by atoms with E-state index >= 15 is 0 Å². The Morgan fingerprint density at radius 1 is 1.19 bits per heavy atom. The van der Waals surface area contributed by atoms with E-state index in [-0.39, 0.29) is 19.0 Å². The molecule has 10 heteroatoms. The summed E-state index contributed by atoms with van der Waals surface area (Å²) in [6.07, 6.45) is 0.746. The predicted molar refractivity (Wildman–Crippen MR) is 93.9 cm³/mol. The Morgan fingerprint density at radius 2 is 1.81 bits per heavy atom. The highest BCUT2D eigenvalue weighted by Crippen LogP contribution is 2.30. The van der Waals surface area contributed by atoms with Crippen molar-refractivity contribution in [2.45, 2.75) is 24.9 Å². The number of hydrogen-bond acceptors (Lipinski definition) is 3. The van der Waals surface area contributed by atoms with Crippen LogP contribution < -0.4 is 10.6 Å². The largest absolute Gasteiger partial charge is 0.511 e. The maximum atomic E-state index is 12.6. The summed E-state index contributed by atoms with van der Waals surface area (Å²) < 4.78 is 61.0. The number of halogens is 3. The summed E-state index contributed by atoms with van der Waals surface area (Å²) >= 11 is 0. The van der Waals surface area contributed by atoms with Crippen LogP contribution >= 0.6 is 0 Å². The molecule has 0 spiro atoms. The Balaban J connectivity index is 1.77. The molecule has 1 aromatic rings. The number of nitrogens with zero attached hydrogens (tertiary/aromatic N) is 2. The number of nitrogens with one attached hydrogen (secondary N) is 2. The molecular weight excluding hydrogens is 369 g/mol. The van der Waals surface area contributed by atoms with E-state index < -0.39 is 15.5 Å². The maximum Gasteiger partial charge on any atom is 0.511 e. The van der Waals surface area contributed by atoms with Gasteiger partial charge in [0, 0.05) is 33.2 Å². The first-order chi connectivity index (χ1) is 12.2. The Hall–Kier alpha value is -1.81. The van der Waals surface area contributed by atoms with Gasteiger partial charge in [-0.15, -0.1) is 0 Å². The summed E-state index contributed by atoms with van der Waals surface area (Å²) in [6, 6.07) is 9.78. The molecule has 0 aliphatic carbocycles. The number of aliphatic imine (C=N–C) groups is 1. The van der Waals surface area contributed by atoms with Gasteiger partial charge in [0.05, 0.1) is 0 Å². The number of benzene rings is 1. The zero-order valence-electron chi connectivity index (χ0n) is 14.5. The van der Waals surface area contributed by atoms with Crippen molar-refractivity contribution < 1.29 is 21.6 Å². The topological polar surface area (TPSA) is 73.8 Å². The monoisotopic (exact) mass is 392 g/mol. The van der Waals surface area contributed by atoms with Gasteiger partial charge >= 0.3 is 15.5 Å². The van der Waals surface area contributed by atoms with Crippen LogP contribution in [0.2, 0.25) is 0 Å². The molecule has 0 bridgehead atoms. The van der Waals surface area contributed by atoms with Crippen LogP contribution in [-0.4, -0.2) is 50.9 Å². The van der Waals surface area contributed by atoms with Crippen LogP contribution in [0.4, 0.5) is 13.2 Å². The van der Waals surface area contributed by atoms with E-state index in [1.807, 2.05) is 30.3 Å². The second-order valence-electron chi connectivity index (χ2n) is 6.09. The van der Waals surface area contributed by atoms with Crippen molar-refractivity contribution in [1.29, 1.82) is 0 Å². The van der Waals surface area contributed by atoms with E-state index in [1.165, 1.54) is 0 Å². The van der Waals surface area contributed by atoms with E-state index in [4.69, 9.17) is 0 Å². The molecule has 0 radical (unpaired) electrons. The van der Waals surface area contributed by atoms with E-state index in [9.17, 15) is 21.6 Å². The average molecular weight is 392 g/mol. The van der Waals surface area contributed by atoms with Gasteiger partial charge in [-0.1, -0.05) is 30.3 Å². The summed E-state index contributed by atoms with van der Waals surface area (Å²) in [6.45, 7) is 0.881. The fourth-order valence-corrected chi connectivity index (χ4v) is 3.73. The third-order valence-corrected chi connectivity index (χ3v) is 5.92. The van der Waals surface area contributed by atoms with Crippen LogP contribution in [0.3, 0.4) is 0 Å². The highest BCUT2D eigenvalue weighted by Gasteiger charge is 2.50. The standard InChI is InChI=1S/C16H23F3N4O2S/c1-20-15(21-11-13-5-3-2-4-6-13)22-12-14-7-9-23(10-8-14)26(24,25)16(17,18)19/h2-6,14H,7-12H2,1H3,(H2,20,21,22). The van der Waals surface area contributed by atoms with Crippen molar-refractivity contribution in [1.82, 2.24) is 14.9 Å². The second-order valence-corrected chi connectivity index (χ2v) is 8.01. The van der Waals surface area contributed by atoms with Gasteiger partial charge in [0.1, 0.15) is 0 Å². The molecule has 1 aliphatic rings. The van der Waals surface area contributed by atoms with Crippen LogP contribution in [0.5, 0.6) is 0 Å². The van der Waals surface area contributed by atoms with Gasteiger partial charge in [-0.05, 0) is 24.3 Å². The lowest BCUT2D eigenvalue weighted by Gasteiger charge is -2.31. The molecule has 0 amide bonds. The normalized spacial score (nSPS) is 17.9. The molecule has 2 rings (SSSR count). The molecule has 0 unspecified atom stereocenters. The number of piperidine rings is 1. The van der Waals surface area contributed by atoms with E-state index in [0.717, 1.165) is 5.56 Å². The van der Waals surface area contributed by atoms with Gasteiger partial charge in [-0.2, -0.15) is 17.5 Å². The van der Waals surface area contributed by atoms with Crippen molar-refractivity contribution in [2.75, 3.05) is 26.7 Å². The number of sulfonamides is 1. The zero-order chi connectivity index (χ0) is 19.2. The SMILES string of the molecule is CN=C(NCc1ccccc1)NCC1CCN(S(=O)(=O)C(F)(F)F)CC1. The maximum absolute atomic E-state index is 12.6. The molecule has 26 heavy (non-hydrogen) atoms. The fourth-order valence-electron chi connectivity index (χ4n) is 2.74. The van der Waals surface area contributed by atoms with E-state index in [0.29, 0.717) is 36.2 Å². The van der Waals surface area contributed by atoms with Crippen LogP contribution in [0.25, 0.3) is 0 Å². The van der Waals surface area contributed by atoms with Gasteiger partial charge in [0.2, 0.25) is 0 Å². The Kier molecular flexibility index (Phi) is 6.87. The quantitative estimate of drug-likeness (QED) is 0.593. The van der Waals surface area contributed by atoms with Crippen molar-refractivity contribution in [2.24, 2.45) is 10.9 Å². The Bertz CT molecular complexity index is 700. The number of rotatable bonds is 5. The Morgan fingerprint density at radius 3 is 2.35 bits per heavy atom. The molecule has 1 heterocycles. The molecule has 2 N–H and O–H groups in total. The summed E-state index contributed by atoms with van der Waals surface area (Å²) in [5.74, 6) is 0.684. The molecule has 0 saturated carbocycles. The lowest BCUT2D eigenvalue weighted by molar-refractivity contribution is -0.0496. The zero-order valence-corrected chi connectivity index (χ0v) is 15.3. The average Bonchev–Trinajstić information content (AvgIpc) is 2.62. The second kappa shape index (κ2) is 8.72. The number of guanidine groups is 1. The molecule has 0 atom stereocenters. The molecule has 1 aromatic carbocycles. The van der Waals surface area contributed by atoms with Gasteiger partial charge in [0.25, 0.3) is 0 Å². The summed E-state index contributed by atoms with van der Waals surface area (Å²) in [5, 5.41) is 6.30. The highest BCUT2D eigenvalue weighted by molar-refractivity contribution is 7.90. The van der Waals surface area contributed by atoms with E-state index in [2.05, 4.69) is 15.6 Å². The molecule has 1 fully saturated rings. The fraction of sp³-hybridized carbons (Fsp3) is 0.562. The van der Waals surface area contributed by atoms with Gasteiger partial charge in [-0.25, -0.2) is 8.42 Å². The third kappa shape index (κ3) is 5.34. The Labute approximate surface area is 151 Å².